The summed E-state index contributed by atoms with van der Waals surface area (Å²) in [4.78, 5) is 0. The number of benzene rings is 6. The normalized spacial score (nSPS) is 12.2. The molecule has 0 fully saturated rings. The molecule has 0 heterocycles. The summed E-state index contributed by atoms with van der Waals surface area (Å²) in [7, 11) is 61.0. The van der Waals surface area contributed by atoms with Gasteiger partial charge in [-0.3, -0.25) is 0 Å². The van der Waals surface area contributed by atoms with E-state index < -0.39 is 0 Å². The average Bonchev–Trinajstić information content (AvgIpc) is 3.28. The molecule has 25 heteroatoms. The molecule has 0 amide bonds. The second-order valence-electron chi connectivity index (χ2n) is 20.7. The van der Waals surface area contributed by atoms with Crippen molar-refractivity contribution in [2.45, 2.75) is 13.2 Å². The Balaban J connectivity index is 1.94. The van der Waals surface area contributed by atoms with Crippen LogP contribution in [0.5, 0.6) is 0 Å². The van der Waals surface area contributed by atoms with Gasteiger partial charge in [0.15, 0.2) is 0 Å². The number of rotatable bonds is 7. The van der Waals surface area contributed by atoms with Gasteiger partial charge < -0.3 is 0 Å². The van der Waals surface area contributed by atoms with Crippen molar-refractivity contribution in [2.24, 2.45) is 0 Å². The average molecular weight is 818 g/mol. The Morgan fingerprint density at radius 3 is 1.14 bits per heavy atom. The van der Waals surface area contributed by atoms with Crippen molar-refractivity contribution in [3.8, 4) is 34.6 Å². The number of hydrogen-bond acceptors (Lipinski definition) is 0. The number of allylic oxidation sites excluding steroid dienone is 2. The van der Waals surface area contributed by atoms with E-state index in [2.05, 4.69) is 201 Å². The van der Waals surface area contributed by atoms with Gasteiger partial charge in [-0.25, -0.2) is 0 Å². The van der Waals surface area contributed by atoms with Crippen LogP contribution in [0.2, 0.25) is 0 Å². The summed E-state index contributed by atoms with van der Waals surface area (Å²) in [6.07, 6.45) is 7.25. The monoisotopic (exact) mass is 823 g/mol. The molecule has 0 aliphatic heterocycles. The first-order chi connectivity index (χ1) is 30.7. The summed E-state index contributed by atoms with van der Waals surface area (Å²) in [5.41, 5.74) is 43.6. The molecule has 6 aromatic rings. The molecule has 294 valence electrons. The van der Waals surface area contributed by atoms with Gasteiger partial charge in [0.1, 0.15) is 39.2 Å². The third kappa shape index (κ3) is 7.51. The van der Waals surface area contributed by atoms with E-state index in [1.807, 2.05) is 0 Å². The fourth-order valence-electron chi connectivity index (χ4n) is 12.1. The van der Waals surface area contributed by atoms with E-state index in [1.54, 1.807) is 0 Å². The van der Waals surface area contributed by atoms with Crippen LogP contribution >= 0.6 is 0 Å². The van der Waals surface area contributed by atoms with Crippen LogP contribution in [0.15, 0.2) is 10.9 Å². The maximum atomic E-state index is 6.42. The molecule has 0 aromatic heterocycles. The number of fused-ring (bicyclic) bond motifs is 2. The fourth-order valence-corrected chi connectivity index (χ4v) is 12.1. The Hall–Kier alpha value is -3.63. The van der Waals surface area contributed by atoms with Crippen molar-refractivity contribution < 1.29 is 0 Å². The van der Waals surface area contributed by atoms with Crippen LogP contribution < -0.4 is 104 Å². The molecular formula is C41H55B25. The van der Waals surface area contributed by atoms with Crippen LogP contribution in [0.25, 0.3) is 54.7 Å². The first kappa shape index (κ1) is 51.8. The SMILES string of the molecule is B=C(c1c(B)c(B)c(B)c(B)c1/C(B)=C(/B)C)c1c(CB)c(/C(B)=C(/B)C#C)c(-c2c(B)c(B)c(-c3c(B)c(B)c4c(B)c(B)c(B)c(B)c4c3B)c(B)c2B)c2c(B)c(B)c(B)c(B)c12. The molecule has 0 N–H and O–H groups in total. The van der Waals surface area contributed by atoms with Gasteiger partial charge in [-0.15, -0.1) is 10.9 Å². The molecule has 6 aromatic carbocycles. The first-order valence-electron chi connectivity index (χ1n) is 24.5. The standard InChI is InChI=1S/C41H55B25/c1-3-7(44)21(46)8-6(4-42)9(22(47)15-14(20(45)5(2)43)32(57)38(63)39(64)33(15)58)11-12(25(50)37(62)36(61)24(11)49)10(8)13-26(51)29(54)18(30(55)27(13)52)16-23(48)17-19(31(56)28(16)53)35(60)41(66)40(65)34(17)59/h1,47H,4,42-46,48-66H2,2H3/b20-5-,21-7-. The Labute approximate surface area is 421 Å². The fraction of sp³-hybridized carbons (Fsp3) is 0.0488. The Morgan fingerprint density at radius 2 is 0.712 bits per heavy atom. The summed E-state index contributed by atoms with van der Waals surface area (Å²) in [5.74, 6) is 3.12. The van der Waals surface area contributed by atoms with Gasteiger partial charge in [0.25, 0.3) is 0 Å². The second kappa shape index (κ2) is 18.7. The van der Waals surface area contributed by atoms with Crippen molar-refractivity contribution in [1.82, 2.24) is 0 Å². The summed E-state index contributed by atoms with van der Waals surface area (Å²) >= 11 is 0. The Bertz CT molecular complexity index is 3320. The van der Waals surface area contributed by atoms with Crippen LogP contribution in [0.1, 0.15) is 34.7 Å². The van der Waals surface area contributed by atoms with E-state index in [0.29, 0.717) is 0 Å². The molecule has 0 unspecified atom stereocenters. The predicted molar refractivity (Wildman–Crippen MR) is 379 cm³/mol. The molecule has 0 radical (unpaired) electrons. The van der Waals surface area contributed by atoms with Crippen molar-refractivity contribution in [3.05, 3.63) is 38.8 Å². The van der Waals surface area contributed by atoms with Gasteiger partial charge in [-0.2, -0.15) is 0 Å². The van der Waals surface area contributed by atoms with E-state index in [9.17, 15) is 0 Å². The van der Waals surface area contributed by atoms with E-state index in [-0.39, 0.29) is 0 Å². The Kier molecular flexibility index (Phi) is 14.7. The van der Waals surface area contributed by atoms with E-state index in [0.717, 1.165) is 22.7 Å². The van der Waals surface area contributed by atoms with Crippen molar-refractivity contribution in [1.29, 1.82) is 0 Å². The van der Waals surface area contributed by atoms with Crippen LogP contribution in [-0.4, -0.2) is 201 Å². The minimum absolute atomic E-state index is 0.827. The van der Waals surface area contributed by atoms with Gasteiger partial charge in [0.05, 0.1) is 0 Å². The quantitative estimate of drug-likeness (QED) is 0.111. The summed E-state index contributed by atoms with van der Waals surface area (Å²) in [5, 5.41) is 5.50. The molecule has 0 atom stereocenters. The van der Waals surface area contributed by atoms with Crippen molar-refractivity contribution in [2.75, 3.05) is 0 Å². The van der Waals surface area contributed by atoms with E-state index >= 15 is 0 Å². The third-order valence-corrected chi connectivity index (χ3v) is 17.8. The van der Waals surface area contributed by atoms with Gasteiger partial charge in [0, 0.05) is 0 Å². The molecule has 0 spiro atoms. The maximum absolute atomic E-state index is 6.42. The molecule has 0 aliphatic rings. The van der Waals surface area contributed by atoms with E-state index in [4.69, 9.17) is 13.9 Å². The van der Waals surface area contributed by atoms with Gasteiger partial charge in [-0.05, 0) is 5.39 Å². The zero-order valence-corrected chi connectivity index (χ0v) is 46.0. The van der Waals surface area contributed by atoms with Crippen molar-refractivity contribution >= 4 is 338 Å². The van der Waals surface area contributed by atoms with Gasteiger partial charge in [0.2, 0.25) is 0 Å². The molecule has 0 nitrogen and oxygen atoms in total. The van der Waals surface area contributed by atoms with Crippen LogP contribution in [0.3, 0.4) is 0 Å². The second-order valence-corrected chi connectivity index (χ2v) is 20.7. The van der Waals surface area contributed by atoms with Gasteiger partial charge >= 0.3 is 358 Å². The zero-order valence-electron chi connectivity index (χ0n) is 46.0. The van der Waals surface area contributed by atoms with Crippen molar-refractivity contribution in [3.63, 3.8) is 0 Å². The summed E-state index contributed by atoms with van der Waals surface area (Å²) in [6.45, 7) is 2.25. The number of terminal acetylenes is 1. The molecule has 0 saturated heterocycles. The molecule has 0 aliphatic carbocycles. The molecular weight excluding hydrogens is 763 g/mol. The summed E-state index contributed by atoms with van der Waals surface area (Å²) < 4.78 is 0. The van der Waals surface area contributed by atoms with Crippen LogP contribution in [-0.2, 0) is 6.32 Å². The molecule has 66 heavy (non-hydrogen) atoms. The predicted octanol–water partition coefficient (Wildman–Crippen LogP) is -28.6. The molecule has 0 saturated carbocycles. The Morgan fingerprint density at radius 1 is 0.379 bits per heavy atom. The summed E-state index contributed by atoms with van der Waals surface area (Å²) in [6, 6.07) is 0. The van der Waals surface area contributed by atoms with Crippen LogP contribution in [0.4, 0.5) is 0 Å². The first-order valence-corrected chi connectivity index (χ1v) is 24.5. The third-order valence-electron chi connectivity index (χ3n) is 17.8. The number of hydrogen-bond donors (Lipinski definition) is 0. The zero-order chi connectivity index (χ0) is 49.8. The van der Waals surface area contributed by atoms with E-state index in [1.165, 1.54) is 186 Å². The van der Waals surface area contributed by atoms with Gasteiger partial charge in [-0.1, -0.05) is 10.9 Å². The van der Waals surface area contributed by atoms with Crippen LogP contribution in [0, 0.1) is 12.3 Å². The minimum atomic E-state index is 0.827. The molecule has 0 bridgehead atoms. The molecule has 6 rings (SSSR count). The topological polar surface area (TPSA) is 0 Å².